The van der Waals surface area contributed by atoms with Crippen molar-refractivity contribution in [2.24, 2.45) is 0 Å². The molecule has 0 bridgehead atoms. The van der Waals surface area contributed by atoms with Gasteiger partial charge in [-0.15, -0.1) is 0 Å². The van der Waals surface area contributed by atoms with Crippen molar-refractivity contribution >= 4 is 5.82 Å². The summed E-state index contributed by atoms with van der Waals surface area (Å²) in [5.74, 6) is 1.52. The molecule has 2 heterocycles. The molecule has 0 aliphatic carbocycles. The van der Waals surface area contributed by atoms with E-state index in [2.05, 4.69) is 27.2 Å². The molecule has 0 atom stereocenters. The van der Waals surface area contributed by atoms with Crippen LogP contribution in [0.2, 0.25) is 0 Å². The third kappa shape index (κ3) is 3.66. The monoisotopic (exact) mass is 272 g/mol. The molecule has 0 unspecified atom stereocenters. The fourth-order valence-electron chi connectivity index (χ4n) is 1.81. The Labute approximate surface area is 119 Å². The van der Waals surface area contributed by atoms with Crippen LogP contribution >= 0.6 is 0 Å². The van der Waals surface area contributed by atoms with Crippen molar-refractivity contribution in [2.45, 2.75) is 33.3 Å². The van der Waals surface area contributed by atoms with E-state index >= 15 is 0 Å². The average molecular weight is 272 g/mol. The number of ether oxygens (including phenoxy) is 1. The van der Waals surface area contributed by atoms with E-state index in [9.17, 15) is 0 Å². The third-order valence-corrected chi connectivity index (χ3v) is 2.60. The van der Waals surface area contributed by atoms with Crippen LogP contribution in [0.5, 0.6) is 5.75 Å². The molecule has 0 aliphatic rings. The first-order chi connectivity index (χ1) is 9.70. The topological polar surface area (TPSA) is 59.9 Å². The van der Waals surface area contributed by atoms with Crippen molar-refractivity contribution in [3.63, 3.8) is 0 Å². The highest BCUT2D eigenvalue weighted by molar-refractivity contribution is 5.71. The molecule has 0 spiro atoms. The Morgan fingerprint density at radius 3 is 2.75 bits per heavy atom. The molecule has 2 aromatic heterocycles. The van der Waals surface area contributed by atoms with E-state index in [0.29, 0.717) is 0 Å². The van der Waals surface area contributed by atoms with E-state index in [1.165, 1.54) is 0 Å². The van der Waals surface area contributed by atoms with E-state index in [-0.39, 0.29) is 6.10 Å². The van der Waals surface area contributed by atoms with Crippen LogP contribution in [-0.4, -0.2) is 27.6 Å². The second-order valence-corrected chi connectivity index (χ2v) is 4.76. The lowest BCUT2D eigenvalue weighted by atomic mass is 10.2. The number of hydrogen-bond donors (Lipinski definition) is 1. The van der Waals surface area contributed by atoms with Crippen molar-refractivity contribution < 1.29 is 4.74 Å². The van der Waals surface area contributed by atoms with Crippen LogP contribution in [0, 0.1) is 0 Å². The minimum Gasteiger partial charge on any atom is -0.489 e. The van der Waals surface area contributed by atoms with Gasteiger partial charge in [0.15, 0.2) is 5.82 Å². The van der Waals surface area contributed by atoms with Gasteiger partial charge in [-0.1, -0.05) is 6.92 Å². The number of pyridine rings is 1. The maximum Gasteiger partial charge on any atom is 0.152 e. The molecule has 5 heteroatoms. The van der Waals surface area contributed by atoms with Gasteiger partial charge in [-0.2, -0.15) is 0 Å². The number of rotatable bonds is 6. The maximum atomic E-state index is 5.67. The van der Waals surface area contributed by atoms with Crippen LogP contribution in [0.3, 0.4) is 0 Å². The number of nitrogens with one attached hydrogen (secondary N) is 1. The predicted molar refractivity (Wildman–Crippen MR) is 79.8 cm³/mol. The molecule has 5 nitrogen and oxygen atoms in total. The molecular weight excluding hydrogens is 252 g/mol. The summed E-state index contributed by atoms with van der Waals surface area (Å²) >= 11 is 0. The lowest BCUT2D eigenvalue weighted by Gasteiger charge is -2.12. The molecular formula is C15H20N4O. The summed E-state index contributed by atoms with van der Waals surface area (Å²) in [5.41, 5.74) is 1.69. The van der Waals surface area contributed by atoms with Gasteiger partial charge in [-0.05, 0) is 26.3 Å². The third-order valence-electron chi connectivity index (χ3n) is 2.60. The molecule has 20 heavy (non-hydrogen) atoms. The SMILES string of the molecule is CCCNc1nccnc1-c1cncc(OC(C)C)c1. The van der Waals surface area contributed by atoms with E-state index in [4.69, 9.17) is 4.74 Å². The zero-order chi connectivity index (χ0) is 14.4. The summed E-state index contributed by atoms with van der Waals surface area (Å²) in [5, 5.41) is 3.28. The second kappa shape index (κ2) is 6.84. The van der Waals surface area contributed by atoms with Crippen molar-refractivity contribution in [3.8, 4) is 17.0 Å². The van der Waals surface area contributed by atoms with Gasteiger partial charge in [0.25, 0.3) is 0 Å². The Bertz CT molecular complexity index is 557. The molecule has 0 saturated carbocycles. The van der Waals surface area contributed by atoms with E-state index < -0.39 is 0 Å². The first-order valence-electron chi connectivity index (χ1n) is 6.87. The number of nitrogens with zero attached hydrogens (tertiary/aromatic N) is 3. The Morgan fingerprint density at radius 2 is 2.00 bits per heavy atom. The summed E-state index contributed by atoms with van der Waals surface area (Å²) in [6.07, 6.45) is 8.00. The molecule has 2 rings (SSSR count). The fourth-order valence-corrected chi connectivity index (χ4v) is 1.81. The zero-order valence-electron chi connectivity index (χ0n) is 12.1. The summed E-state index contributed by atoms with van der Waals surface area (Å²) in [6.45, 7) is 6.95. The largest absolute Gasteiger partial charge is 0.489 e. The lowest BCUT2D eigenvalue weighted by Crippen LogP contribution is -2.07. The highest BCUT2D eigenvalue weighted by Crippen LogP contribution is 2.26. The Kier molecular flexibility index (Phi) is 4.87. The predicted octanol–water partition coefficient (Wildman–Crippen LogP) is 3.15. The van der Waals surface area contributed by atoms with Crippen LogP contribution < -0.4 is 10.1 Å². The lowest BCUT2D eigenvalue weighted by molar-refractivity contribution is 0.241. The number of aromatic nitrogens is 3. The maximum absolute atomic E-state index is 5.67. The van der Waals surface area contributed by atoms with Crippen LogP contribution in [0.15, 0.2) is 30.9 Å². The van der Waals surface area contributed by atoms with Gasteiger partial charge in [0, 0.05) is 30.7 Å². The van der Waals surface area contributed by atoms with Gasteiger partial charge in [0.05, 0.1) is 12.3 Å². The van der Waals surface area contributed by atoms with E-state index in [0.717, 1.165) is 35.8 Å². The van der Waals surface area contributed by atoms with Crippen LogP contribution in [0.4, 0.5) is 5.82 Å². The van der Waals surface area contributed by atoms with Crippen molar-refractivity contribution in [2.75, 3.05) is 11.9 Å². The smallest absolute Gasteiger partial charge is 0.152 e. The van der Waals surface area contributed by atoms with E-state index in [1.807, 2.05) is 19.9 Å². The number of anilines is 1. The minimum atomic E-state index is 0.117. The van der Waals surface area contributed by atoms with Gasteiger partial charge >= 0.3 is 0 Å². The Morgan fingerprint density at radius 1 is 1.20 bits per heavy atom. The quantitative estimate of drug-likeness (QED) is 0.875. The van der Waals surface area contributed by atoms with Crippen LogP contribution in [0.1, 0.15) is 27.2 Å². The average Bonchev–Trinajstić information content (AvgIpc) is 2.45. The normalized spacial score (nSPS) is 10.6. The Balaban J connectivity index is 2.31. The van der Waals surface area contributed by atoms with Crippen LogP contribution in [0.25, 0.3) is 11.3 Å². The summed E-state index contributed by atoms with van der Waals surface area (Å²) < 4.78 is 5.67. The van der Waals surface area contributed by atoms with Crippen molar-refractivity contribution in [1.82, 2.24) is 15.0 Å². The van der Waals surface area contributed by atoms with Crippen molar-refractivity contribution in [1.29, 1.82) is 0 Å². The van der Waals surface area contributed by atoms with Gasteiger partial charge in [-0.3, -0.25) is 9.97 Å². The van der Waals surface area contributed by atoms with Gasteiger partial charge in [-0.25, -0.2) is 4.98 Å². The first kappa shape index (κ1) is 14.2. The Hall–Kier alpha value is -2.17. The standard InChI is InChI=1S/C15H20N4O/c1-4-5-18-15-14(17-6-7-19-15)12-8-13(10-16-9-12)20-11(2)3/h6-11H,4-5H2,1-3H3,(H,18,19). The molecule has 1 N–H and O–H groups in total. The first-order valence-corrected chi connectivity index (χ1v) is 6.87. The molecule has 2 aromatic rings. The zero-order valence-corrected chi connectivity index (χ0v) is 12.1. The molecule has 106 valence electrons. The van der Waals surface area contributed by atoms with Crippen molar-refractivity contribution in [3.05, 3.63) is 30.9 Å². The summed E-state index contributed by atoms with van der Waals surface area (Å²) in [6, 6.07) is 1.94. The number of hydrogen-bond acceptors (Lipinski definition) is 5. The molecule has 0 aromatic carbocycles. The molecule has 0 fully saturated rings. The second-order valence-electron chi connectivity index (χ2n) is 4.76. The molecule has 0 saturated heterocycles. The summed E-state index contributed by atoms with van der Waals surface area (Å²) in [7, 11) is 0. The molecule has 0 amide bonds. The van der Waals surface area contributed by atoms with Gasteiger partial charge in [0.1, 0.15) is 11.4 Å². The van der Waals surface area contributed by atoms with Gasteiger partial charge in [0.2, 0.25) is 0 Å². The summed E-state index contributed by atoms with van der Waals surface area (Å²) in [4.78, 5) is 13.0. The van der Waals surface area contributed by atoms with Crippen LogP contribution in [-0.2, 0) is 0 Å². The fraction of sp³-hybridized carbons (Fsp3) is 0.400. The molecule has 0 aliphatic heterocycles. The van der Waals surface area contributed by atoms with E-state index in [1.54, 1.807) is 24.8 Å². The minimum absolute atomic E-state index is 0.117. The highest BCUT2D eigenvalue weighted by Gasteiger charge is 2.09. The highest BCUT2D eigenvalue weighted by atomic mass is 16.5. The van der Waals surface area contributed by atoms with Gasteiger partial charge < -0.3 is 10.1 Å². The molecule has 0 radical (unpaired) electrons.